The Morgan fingerprint density at radius 1 is 1.44 bits per heavy atom. The van der Waals surface area contributed by atoms with E-state index in [-0.39, 0.29) is 17.4 Å². The first-order chi connectivity index (χ1) is 8.48. The summed E-state index contributed by atoms with van der Waals surface area (Å²) < 4.78 is 32.7. The Morgan fingerprint density at radius 3 is 2.72 bits per heavy atom. The third-order valence-electron chi connectivity index (χ3n) is 3.51. The van der Waals surface area contributed by atoms with E-state index in [4.69, 9.17) is 10.00 Å². The lowest BCUT2D eigenvalue weighted by atomic mass is 9.94. The smallest absolute Gasteiger partial charge is 0.183 e. The van der Waals surface area contributed by atoms with Crippen LogP contribution in [0.1, 0.15) is 25.8 Å². The summed E-state index contributed by atoms with van der Waals surface area (Å²) >= 11 is 0. The lowest BCUT2D eigenvalue weighted by Crippen LogP contribution is -2.41. The van der Waals surface area contributed by atoms with Gasteiger partial charge in [-0.1, -0.05) is 0 Å². The molecule has 0 radical (unpaired) electrons. The number of halogens is 2. The SMILES string of the molecule is CC1OCCC1(C)Nc1ccc(C#N)c(F)c1F. The Labute approximate surface area is 104 Å². The van der Waals surface area contributed by atoms with Crippen molar-refractivity contribution in [2.75, 3.05) is 11.9 Å². The van der Waals surface area contributed by atoms with Gasteiger partial charge < -0.3 is 10.1 Å². The Kier molecular flexibility index (Phi) is 3.22. The average Bonchev–Trinajstić information content (AvgIpc) is 2.66. The van der Waals surface area contributed by atoms with Crippen LogP contribution in [-0.2, 0) is 4.74 Å². The minimum atomic E-state index is -1.11. The molecule has 0 spiro atoms. The quantitative estimate of drug-likeness (QED) is 0.880. The molecule has 0 aromatic heterocycles. The monoisotopic (exact) mass is 252 g/mol. The molecule has 1 saturated heterocycles. The van der Waals surface area contributed by atoms with Gasteiger partial charge in [-0.3, -0.25) is 0 Å². The van der Waals surface area contributed by atoms with Crippen molar-refractivity contribution in [3.05, 3.63) is 29.3 Å². The normalized spacial score (nSPS) is 26.9. The van der Waals surface area contributed by atoms with Crippen molar-refractivity contribution in [1.29, 1.82) is 5.26 Å². The predicted octanol–water partition coefficient (Wildman–Crippen LogP) is 2.82. The summed E-state index contributed by atoms with van der Waals surface area (Å²) in [5.74, 6) is -2.13. The Hall–Kier alpha value is -1.67. The van der Waals surface area contributed by atoms with Crippen LogP contribution in [0, 0.1) is 23.0 Å². The Balaban J connectivity index is 2.31. The predicted molar refractivity (Wildman–Crippen MR) is 63.1 cm³/mol. The molecule has 18 heavy (non-hydrogen) atoms. The number of nitrogens with zero attached hydrogens (tertiary/aromatic N) is 1. The molecule has 1 aromatic carbocycles. The van der Waals surface area contributed by atoms with Crippen molar-refractivity contribution >= 4 is 5.69 Å². The van der Waals surface area contributed by atoms with Crippen LogP contribution < -0.4 is 5.32 Å². The van der Waals surface area contributed by atoms with Gasteiger partial charge in [0, 0.05) is 6.61 Å². The number of rotatable bonds is 2. The molecule has 0 bridgehead atoms. The van der Waals surface area contributed by atoms with E-state index in [1.807, 2.05) is 13.8 Å². The van der Waals surface area contributed by atoms with E-state index in [9.17, 15) is 8.78 Å². The molecule has 1 aliphatic rings. The van der Waals surface area contributed by atoms with E-state index in [0.717, 1.165) is 6.42 Å². The fraction of sp³-hybridized carbons (Fsp3) is 0.462. The zero-order valence-corrected chi connectivity index (χ0v) is 10.3. The highest BCUT2D eigenvalue weighted by Crippen LogP contribution is 2.31. The molecule has 0 amide bonds. The largest absolute Gasteiger partial charge is 0.376 e. The standard InChI is InChI=1S/C13H14F2N2O/c1-8-13(2,5-6-18-8)17-10-4-3-9(7-16)11(14)12(10)15/h3-4,8,17H,5-6H2,1-2H3. The van der Waals surface area contributed by atoms with Crippen LogP contribution in [0.2, 0.25) is 0 Å². The average molecular weight is 252 g/mol. The third-order valence-corrected chi connectivity index (χ3v) is 3.51. The zero-order chi connectivity index (χ0) is 13.3. The molecule has 2 atom stereocenters. The summed E-state index contributed by atoms with van der Waals surface area (Å²) in [4.78, 5) is 0. The van der Waals surface area contributed by atoms with E-state index in [1.165, 1.54) is 12.1 Å². The summed E-state index contributed by atoms with van der Waals surface area (Å²) in [5.41, 5.74) is -0.660. The van der Waals surface area contributed by atoms with Gasteiger partial charge in [0.2, 0.25) is 0 Å². The summed E-state index contributed by atoms with van der Waals surface area (Å²) in [6.07, 6.45) is 0.630. The van der Waals surface area contributed by atoms with Gasteiger partial charge in [0.05, 0.1) is 22.9 Å². The number of ether oxygens (including phenoxy) is 1. The van der Waals surface area contributed by atoms with E-state index >= 15 is 0 Å². The number of nitrogens with one attached hydrogen (secondary N) is 1. The number of nitriles is 1. The first-order valence-corrected chi connectivity index (χ1v) is 5.76. The van der Waals surface area contributed by atoms with Crippen LogP contribution in [-0.4, -0.2) is 18.2 Å². The number of hydrogen-bond donors (Lipinski definition) is 1. The molecule has 1 aliphatic heterocycles. The molecule has 2 unspecified atom stereocenters. The maximum absolute atomic E-state index is 13.8. The van der Waals surface area contributed by atoms with E-state index in [2.05, 4.69) is 5.32 Å². The van der Waals surface area contributed by atoms with E-state index in [0.29, 0.717) is 6.61 Å². The molecule has 0 saturated carbocycles. The summed E-state index contributed by atoms with van der Waals surface area (Å²) in [7, 11) is 0. The van der Waals surface area contributed by atoms with Crippen LogP contribution in [0.25, 0.3) is 0 Å². The lowest BCUT2D eigenvalue weighted by Gasteiger charge is -2.30. The minimum absolute atomic E-state index is 0.0614. The van der Waals surface area contributed by atoms with Crippen LogP contribution in [0.4, 0.5) is 14.5 Å². The summed E-state index contributed by atoms with van der Waals surface area (Å²) in [6.45, 7) is 4.38. The van der Waals surface area contributed by atoms with Gasteiger partial charge in [0.25, 0.3) is 0 Å². The molecule has 1 N–H and O–H groups in total. The van der Waals surface area contributed by atoms with Crippen molar-refractivity contribution in [1.82, 2.24) is 0 Å². The van der Waals surface area contributed by atoms with Crippen LogP contribution >= 0.6 is 0 Å². The van der Waals surface area contributed by atoms with Gasteiger partial charge >= 0.3 is 0 Å². The Morgan fingerprint density at radius 2 is 2.17 bits per heavy atom. The van der Waals surface area contributed by atoms with Crippen molar-refractivity contribution in [3.8, 4) is 6.07 Å². The van der Waals surface area contributed by atoms with Crippen LogP contribution in [0.5, 0.6) is 0 Å². The van der Waals surface area contributed by atoms with Crippen molar-refractivity contribution in [2.45, 2.75) is 31.9 Å². The van der Waals surface area contributed by atoms with Gasteiger partial charge in [0.1, 0.15) is 6.07 Å². The van der Waals surface area contributed by atoms with Gasteiger partial charge in [0.15, 0.2) is 11.6 Å². The fourth-order valence-corrected chi connectivity index (χ4v) is 2.04. The number of hydrogen-bond acceptors (Lipinski definition) is 3. The summed E-state index contributed by atoms with van der Waals surface area (Å²) in [5, 5.41) is 11.6. The molecule has 3 nitrogen and oxygen atoms in total. The second kappa shape index (κ2) is 4.54. The maximum atomic E-state index is 13.8. The first kappa shape index (κ1) is 12.8. The molecule has 1 heterocycles. The molecule has 1 fully saturated rings. The van der Waals surface area contributed by atoms with Crippen molar-refractivity contribution in [3.63, 3.8) is 0 Å². The van der Waals surface area contributed by atoms with E-state index in [1.54, 1.807) is 6.07 Å². The zero-order valence-electron chi connectivity index (χ0n) is 10.3. The van der Waals surface area contributed by atoms with Crippen molar-refractivity contribution in [2.24, 2.45) is 0 Å². The van der Waals surface area contributed by atoms with Gasteiger partial charge in [-0.15, -0.1) is 0 Å². The molecule has 5 heteroatoms. The molecular weight excluding hydrogens is 238 g/mol. The van der Waals surface area contributed by atoms with Crippen molar-refractivity contribution < 1.29 is 13.5 Å². The van der Waals surface area contributed by atoms with Gasteiger partial charge in [-0.2, -0.15) is 5.26 Å². The minimum Gasteiger partial charge on any atom is -0.376 e. The first-order valence-electron chi connectivity index (χ1n) is 5.76. The number of anilines is 1. The highest BCUT2D eigenvalue weighted by Gasteiger charge is 2.37. The third kappa shape index (κ3) is 2.04. The summed E-state index contributed by atoms with van der Waals surface area (Å²) in [6, 6.07) is 4.26. The molecular formula is C13H14F2N2O. The van der Waals surface area contributed by atoms with Crippen LogP contribution in [0.15, 0.2) is 12.1 Å². The van der Waals surface area contributed by atoms with Crippen LogP contribution in [0.3, 0.4) is 0 Å². The molecule has 2 rings (SSSR count). The molecule has 0 aliphatic carbocycles. The van der Waals surface area contributed by atoms with Gasteiger partial charge in [-0.05, 0) is 32.4 Å². The van der Waals surface area contributed by atoms with E-state index < -0.39 is 17.2 Å². The second-order valence-corrected chi connectivity index (χ2v) is 4.71. The fourth-order valence-electron chi connectivity index (χ4n) is 2.04. The van der Waals surface area contributed by atoms with Gasteiger partial charge in [-0.25, -0.2) is 8.78 Å². The molecule has 96 valence electrons. The second-order valence-electron chi connectivity index (χ2n) is 4.71. The lowest BCUT2D eigenvalue weighted by molar-refractivity contribution is 0.105. The Bertz CT molecular complexity index is 512. The highest BCUT2D eigenvalue weighted by molar-refractivity contribution is 5.51. The maximum Gasteiger partial charge on any atom is 0.183 e. The molecule has 1 aromatic rings. The topological polar surface area (TPSA) is 45.0 Å². The highest BCUT2D eigenvalue weighted by atomic mass is 19.2. The number of benzene rings is 1.